The summed E-state index contributed by atoms with van der Waals surface area (Å²) >= 11 is 6.08. The van der Waals surface area contributed by atoms with E-state index in [0.29, 0.717) is 16.4 Å². The maximum absolute atomic E-state index is 12.9. The van der Waals surface area contributed by atoms with Gasteiger partial charge in [-0.2, -0.15) is 0 Å². The number of likely N-dealkylation sites (tertiary alicyclic amines) is 1. The van der Waals surface area contributed by atoms with E-state index in [9.17, 15) is 4.79 Å². The first kappa shape index (κ1) is 19.8. The standard InChI is InChI=1S/C23H23ClN6O/c1-13-9-17-19(11-16(13)23(31)30-7-3-4-8-30)25-12-26-22(17)27-14(2)21-28-18-6-5-15(24)10-20(18)29-21/h5-6,9-12,14H,3-4,7-8H2,1-2H3,(H,28,29)(H,25,26,27)/t14-/m0/s1. The van der Waals surface area contributed by atoms with E-state index in [4.69, 9.17) is 11.6 Å². The number of rotatable bonds is 4. The zero-order chi connectivity index (χ0) is 21.5. The summed E-state index contributed by atoms with van der Waals surface area (Å²) in [6.07, 6.45) is 3.66. The molecule has 2 aromatic heterocycles. The Kier molecular flexibility index (Phi) is 4.98. The Morgan fingerprint density at radius 3 is 2.77 bits per heavy atom. The van der Waals surface area contributed by atoms with E-state index in [1.807, 2.05) is 49.1 Å². The highest BCUT2D eigenvalue weighted by molar-refractivity contribution is 6.31. The number of hydrogen-bond acceptors (Lipinski definition) is 5. The second-order valence-electron chi connectivity index (χ2n) is 8.06. The number of fused-ring (bicyclic) bond motifs is 2. The first-order chi connectivity index (χ1) is 15.0. The van der Waals surface area contributed by atoms with Crippen LogP contribution in [0, 0.1) is 6.92 Å². The highest BCUT2D eigenvalue weighted by Gasteiger charge is 2.22. The molecule has 1 fully saturated rings. The predicted molar refractivity (Wildman–Crippen MR) is 123 cm³/mol. The van der Waals surface area contributed by atoms with Gasteiger partial charge in [0, 0.05) is 29.1 Å². The number of halogens is 1. The smallest absolute Gasteiger partial charge is 0.254 e. The van der Waals surface area contributed by atoms with Crippen LogP contribution in [0.15, 0.2) is 36.7 Å². The summed E-state index contributed by atoms with van der Waals surface area (Å²) in [5.74, 6) is 1.58. The zero-order valence-electron chi connectivity index (χ0n) is 17.4. The third-order valence-corrected chi connectivity index (χ3v) is 6.07. The van der Waals surface area contributed by atoms with Crippen LogP contribution >= 0.6 is 11.6 Å². The fourth-order valence-corrected chi connectivity index (χ4v) is 4.29. The van der Waals surface area contributed by atoms with Gasteiger partial charge in [0.15, 0.2) is 0 Å². The molecule has 158 valence electrons. The molecule has 0 unspecified atom stereocenters. The molecule has 5 rings (SSSR count). The van der Waals surface area contributed by atoms with Crippen molar-refractivity contribution >= 4 is 45.3 Å². The normalized spacial score (nSPS) is 15.0. The first-order valence-corrected chi connectivity index (χ1v) is 10.8. The Morgan fingerprint density at radius 1 is 1.16 bits per heavy atom. The van der Waals surface area contributed by atoms with Crippen LogP contribution in [0.5, 0.6) is 0 Å². The molecular weight excluding hydrogens is 412 g/mol. The van der Waals surface area contributed by atoms with Crippen molar-refractivity contribution in [2.75, 3.05) is 18.4 Å². The van der Waals surface area contributed by atoms with Crippen molar-refractivity contribution in [3.8, 4) is 0 Å². The van der Waals surface area contributed by atoms with Crippen LogP contribution in [0.2, 0.25) is 5.02 Å². The van der Waals surface area contributed by atoms with Crippen molar-refractivity contribution in [1.29, 1.82) is 0 Å². The van der Waals surface area contributed by atoms with E-state index in [2.05, 4.69) is 25.3 Å². The fourth-order valence-electron chi connectivity index (χ4n) is 4.12. The molecule has 7 nitrogen and oxygen atoms in total. The van der Waals surface area contributed by atoms with Crippen molar-refractivity contribution in [3.05, 3.63) is 58.6 Å². The van der Waals surface area contributed by atoms with Gasteiger partial charge in [-0.25, -0.2) is 15.0 Å². The van der Waals surface area contributed by atoms with Gasteiger partial charge in [-0.15, -0.1) is 0 Å². The number of amides is 1. The number of nitrogens with zero attached hydrogens (tertiary/aromatic N) is 4. The molecule has 1 aliphatic rings. The molecule has 0 saturated carbocycles. The van der Waals surface area contributed by atoms with E-state index >= 15 is 0 Å². The van der Waals surface area contributed by atoms with Gasteiger partial charge in [-0.05, 0) is 62.6 Å². The molecule has 2 aromatic carbocycles. The van der Waals surface area contributed by atoms with E-state index in [0.717, 1.165) is 59.3 Å². The Balaban J connectivity index is 1.46. The zero-order valence-corrected chi connectivity index (χ0v) is 18.2. The number of anilines is 1. The molecule has 0 aliphatic carbocycles. The molecule has 1 saturated heterocycles. The average Bonchev–Trinajstić information content (AvgIpc) is 3.43. The van der Waals surface area contributed by atoms with Gasteiger partial charge in [-0.3, -0.25) is 4.79 Å². The Hall–Kier alpha value is -3.19. The molecule has 0 bridgehead atoms. The molecule has 4 aromatic rings. The number of imidazole rings is 1. The summed E-state index contributed by atoms with van der Waals surface area (Å²) in [4.78, 5) is 31.7. The van der Waals surface area contributed by atoms with Crippen LogP contribution in [0.25, 0.3) is 21.9 Å². The lowest BCUT2D eigenvalue weighted by Crippen LogP contribution is -2.28. The van der Waals surface area contributed by atoms with Crippen LogP contribution in [-0.4, -0.2) is 43.8 Å². The summed E-state index contributed by atoms with van der Waals surface area (Å²) in [5.41, 5.74) is 4.13. The van der Waals surface area contributed by atoms with E-state index in [-0.39, 0.29) is 11.9 Å². The fraction of sp³-hybridized carbons (Fsp3) is 0.304. The summed E-state index contributed by atoms with van der Waals surface area (Å²) in [7, 11) is 0. The third-order valence-electron chi connectivity index (χ3n) is 5.83. The number of benzene rings is 2. The summed E-state index contributed by atoms with van der Waals surface area (Å²) < 4.78 is 0. The van der Waals surface area contributed by atoms with E-state index in [1.54, 1.807) is 0 Å². The number of aryl methyl sites for hydroxylation is 1. The van der Waals surface area contributed by atoms with Crippen molar-refractivity contribution in [2.45, 2.75) is 32.7 Å². The predicted octanol–water partition coefficient (Wildman–Crippen LogP) is 4.88. The Morgan fingerprint density at radius 2 is 1.97 bits per heavy atom. The summed E-state index contributed by atoms with van der Waals surface area (Å²) in [6.45, 7) is 5.64. The number of carbonyl (C=O) groups excluding carboxylic acids is 1. The van der Waals surface area contributed by atoms with Crippen LogP contribution < -0.4 is 5.32 Å². The van der Waals surface area contributed by atoms with Crippen LogP contribution in [0.3, 0.4) is 0 Å². The maximum Gasteiger partial charge on any atom is 0.254 e. The minimum absolute atomic E-state index is 0.0827. The topological polar surface area (TPSA) is 86.8 Å². The molecule has 0 radical (unpaired) electrons. The third kappa shape index (κ3) is 3.70. The van der Waals surface area contributed by atoms with Crippen LogP contribution in [0.4, 0.5) is 5.82 Å². The minimum atomic E-state index is -0.115. The van der Waals surface area contributed by atoms with Crippen molar-refractivity contribution < 1.29 is 4.79 Å². The first-order valence-electron chi connectivity index (χ1n) is 10.5. The van der Waals surface area contributed by atoms with Crippen molar-refractivity contribution in [3.63, 3.8) is 0 Å². The number of carbonyl (C=O) groups is 1. The van der Waals surface area contributed by atoms with Crippen molar-refractivity contribution in [1.82, 2.24) is 24.8 Å². The van der Waals surface area contributed by atoms with Gasteiger partial charge in [0.2, 0.25) is 0 Å². The molecule has 0 spiro atoms. The highest BCUT2D eigenvalue weighted by Crippen LogP contribution is 2.28. The molecule has 1 atom stereocenters. The SMILES string of the molecule is Cc1cc2c(N[C@@H](C)c3nc4cc(Cl)ccc4[nH]3)ncnc2cc1C(=O)N1CCCC1. The van der Waals surface area contributed by atoms with Gasteiger partial charge in [0.1, 0.15) is 18.0 Å². The van der Waals surface area contributed by atoms with Gasteiger partial charge in [0.05, 0.1) is 22.6 Å². The Bertz CT molecular complexity index is 1290. The molecule has 1 aliphatic heterocycles. The second kappa shape index (κ2) is 7.81. The van der Waals surface area contributed by atoms with Gasteiger partial charge in [0.25, 0.3) is 5.91 Å². The number of hydrogen-bond donors (Lipinski definition) is 2. The Labute approximate surface area is 184 Å². The lowest BCUT2D eigenvalue weighted by Gasteiger charge is -2.18. The molecule has 31 heavy (non-hydrogen) atoms. The lowest BCUT2D eigenvalue weighted by molar-refractivity contribution is 0.0792. The van der Waals surface area contributed by atoms with Crippen LogP contribution in [0.1, 0.15) is 47.6 Å². The van der Waals surface area contributed by atoms with Gasteiger partial charge < -0.3 is 15.2 Å². The summed E-state index contributed by atoms with van der Waals surface area (Å²) in [6, 6.07) is 9.36. The molecule has 3 heterocycles. The molecular formula is C23H23ClN6O. The maximum atomic E-state index is 12.9. The quantitative estimate of drug-likeness (QED) is 0.478. The van der Waals surface area contributed by atoms with Crippen LogP contribution in [-0.2, 0) is 0 Å². The monoisotopic (exact) mass is 434 g/mol. The average molecular weight is 435 g/mol. The van der Waals surface area contributed by atoms with E-state index in [1.165, 1.54) is 6.33 Å². The van der Waals surface area contributed by atoms with E-state index < -0.39 is 0 Å². The minimum Gasteiger partial charge on any atom is -0.360 e. The highest BCUT2D eigenvalue weighted by atomic mass is 35.5. The lowest BCUT2D eigenvalue weighted by atomic mass is 10.0. The number of nitrogens with one attached hydrogen (secondary N) is 2. The largest absolute Gasteiger partial charge is 0.360 e. The van der Waals surface area contributed by atoms with Gasteiger partial charge in [-0.1, -0.05) is 11.6 Å². The summed E-state index contributed by atoms with van der Waals surface area (Å²) in [5, 5.41) is 4.97. The molecule has 8 heteroatoms. The second-order valence-corrected chi connectivity index (χ2v) is 8.49. The number of aromatic nitrogens is 4. The van der Waals surface area contributed by atoms with Crippen molar-refractivity contribution in [2.24, 2.45) is 0 Å². The molecule has 1 amide bonds. The van der Waals surface area contributed by atoms with Gasteiger partial charge >= 0.3 is 0 Å². The number of H-pyrrole nitrogens is 1. The number of aromatic amines is 1. The molecule has 2 N–H and O–H groups in total.